The van der Waals surface area contributed by atoms with Crippen LogP contribution in [0.1, 0.15) is 19.4 Å². The van der Waals surface area contributed by atoms with Gasteiger partial charge in [-0.25, -0.2) is 0 Å². The lowest BCUT2D eigenvalue weighted by molar-refractivity contribution is -0.137. The molecule has 1 saturated heterocycles. The third-order valence-electron chi connectivity index (χ3n) is 4.34. The lowest BCUT2D eigenvalue weighted by Gasteiger charge is -2.45. The van der Waals surface area contributed by atoms with Gasteiger partial charge in [-0.1, -0.05) is 12.1 Å². The number of hydrogen-bond donors (Lipinski definition) is 2. The Hall–Kier alpha value is -1.59. The van der Waals surface area contributed by atoms with Gasteiger partial charge in [0.25, 0.3) is 0 Å². The van der Waals surface area contributed by atoms with Crippen LogP contribution in [0.5, 0.6) is 5.75 Å². The summed E-state index contributed by atoms with van der Waals surface area (Å²) in [7, 11) is 2.08. The molecule has 1 aliphatic heterocycles. The van der Waals surface area contributed by atoms with Crippen LogP contribution >= 0.6 is 0 Å². The Morgan fingerprint density at radius 2 is 1.95 bits per heavy atom. The maximum absolute atomic E-state index is 12.5. The summed E-state index contributed by atoms with van der Waals surface area (Å²) >= 11 is 0. The molecule has 0 radical (unpaired) electrons. The van der Waals surface area contributed by atoms with E-state index >= 15 is 0 Å². The van der Waals surface area contributed by atoms with Crippen molar-refractivity contribution in [3.05, 3.63) is 29.8 Å². The molecular weight excluding hydrogens is 266 g/mol. The zero-order valence-electron chi connectivity index (χ0n) is 13.0. The van der Waals surface area contributed by atoms with Crippen molar-refractivity contribution in [3.63, 3.8) is 0 Å². The van der Waals surface area contributed by atoms with Crippen LogP contribution < -0.4 is 5.73 Å². The first-order valence-electron chi connectivity index (χ1n) is 7.33. The summed E-state index contributed by atoms with van der Waals surface area (Å²) in [4.78, 5) is 16.6. The molecular formula is C16H25N3O2. The summed E-state index contributed by atoms with van der Waals surface area (Å²) < 4.78 is 0. The van der Waals surface area contributed by atoms with E-state index in [9.17, 15) is 9.90 Å². The number of piperazine rings is 1. The van der Waals surface area contributed by atoms with E-state index in [1.54, 1.807) is 24.3 Å². The predicted octanol–water partition coefficient (Wildman–Crippen LogP) is 0.815. The fourth-order valence-electron chi connectivity index (χ4n) is 2.64. The predicted molar refractivity (Wildman–Crippen MR) is 83.1 cm³/mol. The lowest BCUT2D eigenvalue weighted by Crippen LogP contribution is -2.61. The SMILES string of the molecule is CN1CCN(C(=O)[C@@H](N)Cc2ccc(O)cc2)CC1(C)C. The zero-order chi connectivity index (χ0) is 15.6. The van der Waals surface area contributed by atoms with Crippen molar-refractivity contribution < 1.29 is 9.90 Å². The van der Waals surface area contributed by atoms with Crippen LogP contribution in [-0.2, 0) is 11.2 Å². The molecule has 5 heteroatoms. The highest BCUT2D eigenvalue weighted by molar-refractivity contribution is 5.82. The number of carbonyl (C=O) groups excluding carboxylic acids is 1. The highest BCUT2D eigenvalue weighted by Crippen LogP contribution is 2.20. The highest BCUT2D eigenvalue weighted by atomic mass is 16.3. The Morgan fingerprint density at radius 3 is 2.52 bits per heavy atom. The molecule has 1 aromatic carbocycles. The summed E-state index contributed by atoms with van der Waals surface area (Å²) in [5.74, 6) is 0.226. The van der Waals surface area contributed by atoms with Crippen LogP contribution in [-0.4, -0.2) is 59.1 Å². The smallest absolute Gasteiger partial charge is 0.239 e. The molecule has 0 bridgehead atoms. The summed E-state index contributed by atoms with van der Waals surface area (Å²) in [5, 5.41) is 9.28. The van der Waals surface area contributed by atoms with E-state index in [1.807, 2.05) is 4.90 Å². The fourth-order valence-corrected chi connectivity index (χ4v) is 2.64. The molecule has 1 atom stereocenters. The van der Waals surface area contributed by atoms with Crippen molar-refractivity contribution in [1.29, 1.82) is 0 Å². The summed E-state index contributed by atoms with van der Waals surface area (Å²) in [6.07, 6.45) is 0.492. The van der Waals surface area contributed by atoms with Gasteiger partial charge in [0.05, 0.1) is 6.04 Å². The number of amides is 1. The van der Waals surface area contributed by atoms with Gasteiger partial charge >= 0.3 is 0 Å². The Morgan fingerprint density at radius 1 is 1.33 bits per heavy atom. The molecule has 3 N–H and O–H groups in total. The maximum atomic E-state index is 12.5. The molecule has 0 saturated carbocycles. The molecule has 21 heavy (non-hydrogen) atoms. The van der Waals surface area contributed by atoms with Gasteiger partial charge in [-0.05, 0) is 45.0 Å². The molecule has 0 spiro atoms. The molecule has 1 amide bonds. The van der Waals surface area contributed by atoms with Gasteiger partial charge in [-0.3, -0.25) is 9.69 Å². The Labute approximate surface area is 126 Å². The largest absolute Gasteiger partial charge is 0.508 e. The molecule has 5 nitrogen and oxygen atoms in total. The Kier molecular flexibility index (Phi) is 4.54. The number of carbonyl (C=O) groups is 1. The third-order valence-corrected chi connectivity index (χ3v) is 4.34. The molecule has 1 heterocycles. The normalized spacial score (nSPS) is 20.3. The molecule has 0 aliphatic carbocycles. The van der Waals surface area contributed by atoms with Crippen LogP contribution in [0.4, 0.5) is 0 Å². The minimum absolute atomic E-state index is 0.00394. The Bertz CT molecular complexity index is 499. The third kappa shape index (κ3) is 3.74. The van der Waals surface area contributed by atoms with Gasteiger partial charge < -0.3 is 15.7 Å². The van der Waals surface area contributed by atoms with Crippen LogP contribution in [0.25, 0.3) is 0 Å². The number of likely N-dealkylation sites (N-methyl/N-ethyl adjacent to an activating group) is 1. The topological polar surface area (TPSA) is 69.8 Å². The summed E-state index contributed by atoms with van der Waals surface area (Å²) in [5.41, 5.74) is 7.01. The average molecular weight is 291 g/mol. The zero-order valence-corrected chi connectivity index (χ0v) is 13.0. The van der Waals surface area contributed by atoms with Crippen LogP contribution in [0.3, 0.4) is 0 Å². The first kappa shape index (κ1) is 15.8. The van der Waals surface area contributed by atoms with Crippen molar-refractivity contribution in [2.45, 2.75) is 31.8 Å². The second-order valence-corrected chi connectivity index (χ2v) is 6.47. The first-order chi connectivity index (χ1) is 9.79. The van der Waals surface area contributed by atoms with E-state index in [0.29, 0.717) is 13.0 Å². The van der Waals surface area contributed by atoms with Gasteiger partial charge in [0.15, 0.2) is 0 Å². The molecule has 2 rings (SSSR count). The number of phenols is 1. The van der Waals surface area contributed by atoms with Crippen LogP contribution in [0, 0.1) is 0 Å². The number of aromatic hydroxyl groups is 1. The van der Waals surface area contributed by atoms with Crippen LogP contribution in [0.15, 0.2) is 24.3 Å². The molecule has 0 aromatic heterocycles. The molecule has 116 valence electrons. The number of phenolic OH excluding ortho intramolecular Hbond substituents is 1. The van der Waals surface area contributed by atoms with Gasteiger partial charge in [-0.15, -0.1) is 0 Å². The average Bonchev–Trinajstić information content (AvgIpc) is 2.43. The van der Waals surface area contributed by atoms with E-state index in [1.165, 1.54) is 0 Å². The number of benzene rings is 1. The van der Waals surface area contributed by atoms with E-state index in [2.05, 4.69) is 25.8 Å². The minimum atomic E-state index is -0.534. The minimum Gasteiger partial charge on any atom is -0.508 e. The van der Waals surface area contributed by atoms with E-state index < -0.39 is 6.04 Å². The number of hydrogen-bond acceptors (Lipinski definition) is 4. The maximum Gasteiger partial charge on any atom is 0.239 e. The van der Waals surface area contributed by atoms with Crippen molar-refractivity contribution in [1.82, 2.24) is 9.80 Å². The van der Waals surface area contributed by atoms with E-state index in [0.717, 1.165) is 18.7 Å². The standard InChI is InChI=1S/C16H25N3O2/c1-16(2)11-19(9-8-18(16)3)15(21)14(17)10-12-4-6-13(20)7-5-12/h4-7,14,20H,8-11,17H2,1-3H3/t14-/m0/s1. The molecule has 1 fully saturated rings. The van der Waals surface area contributed by atoms with Crippen molar-refractivity contribution >= 4 is 5.91 Å². The quantitative estimate of drug-likeness (QED) is 0.865. The first-order valence-corrected chi connectivity index (χ1v) is 7.33. The second kappa shape index (κ2) is 6.03. The van der Waals surface area contributed by atoms with Crippen LogP contribution in [0.2, 0.25) is 0 Å². The second-order valence-electron chi connectivity index (χ2n) is 6.47. The van der Waals surface area contributed by atoms with Crippen molar-refractivity contribution in [2.24, 2.45) is 5.73 Å². The fraction of sp³-hybridized carbons (Fsp3) is 0.562. The lowest BCUT2D eigenvalue weighted by atomic mass is 9.98. The highest BCUT2D eigenvalue weighted by Gasteiger charge is 2.34. The molecule has 1 aliphatic rings. The monoisotopic (exact) mass is 291 g/mol. The molecule has 1 aromatic rings. The summed E-state index contributed by atoms with van der Waals surface area (Å²) in [6, 6.07) is 6.30. The van der Waals surface area contributed by atoms with Gasteiger partial charge in [0.2, 0.25) is 5.91 Å². The van der Waals surface area contributed by atoms with Crippen molar-refractivity contribution in [2.75, 3.05) is 26.7 Å². The number of nitrogens with zero attached hydrogens (tertiary/aromatic N) is 2. The number of rotatable bonds is 3. The van der Waals surface area contributed by atoms with Gasteiger partial charge in [0.1, 0.15) is 5.75 Å². The van der Waals surface area contributed by atoms with E-state index in [-0.39, 0.29) is 17.2 Å². The van der Waals surface area contributed by atoms with Gasteiger partial charge in [0, 0.05) is 25.2 Å². The van der Waals surface area contributed by atoms with Gasteiger partial charge in [-0.2, -0.15) is 0 Å². The number of nitrogens with two attached hydrogens (primary N) is 1. The molecule has 0 unspecified atom stereocenters. The Balaban J connectivity index is 1.98. The van der Waals surface area contributed by atoms with E-state index in [4.69, 9.17) is 5.73 Å². The van der Waals surface area contributed by atoms with Crippen molar-refractivity contribution in [3.8, 4) is 5.75 Å². The summed E-state index contributed by atoms with van der Waals surface area (Å²) in [6.45, 7) is 6.56.